The summed E-state index contributed by atoms with van der Waals surface area (Å²) in [5.41, 5.74) is 3.92. The Morgan fingerprint density at radius 1 is 1.25 bits per heavy atom. The summed E-state index contributed by atoms with van der Waals surface area (Å²) >= 11 is 0. The molecule has 1 aromatic carbocycles. The van der Waals surface area contributed by atoms with Crippen molar-refractivity contribution < 1.29 is 9.84 Å². The molecular formula is C16H13NO3. The highest BCUT2D eigenvalue weighted by atomic mass is 16.5. The zero-order valence-corrected chi connectivity index (χ0v) is 11.0. The van der Waals surface area contributed by atoms with E-state index < -0.39 is 0 Å². The highest BCUT2D eigenvalue weighted by Gasteiger charge is 2.20. The normalized spacial score (nSPS) is 13.2. The largest absolute Gasteiger partial charge is 0.508 e. The van der Waals surface area contributed by atoms with Gasteiger partial charge in [-0.2, -0.15) is 0 Å². The van der Waals surface area contributed by atoms with Crippen LogP contribution in [0.3, 0.4) is 0 Å². The molecule has 0 spiro atoms. The Kier molecular flexibility index (Phi) is 2.13. The van der Waals surface area contributed by atoms with Crippen molar-refractivity contribution in [3.05, 3.63) is 46.2 Å². The lowest BCUT2D eigenvalue weighted by Gasteiger charge is -2.14. The van der Waals surface area contributed by atoms with E-state index >= 15 is 0 Å². The minimum atomic E-state index is -0.136. The summed E-state index contributed by atoms with van der Waals surface area (Å²) in [7, 11) is 1.50. The average molecular weight is 267 g/mol. The van der Waals surface area contributed by atoms with Crippen molar-refractivity contribution in [3.63, 3.8) is 0 Å². The maximum absolute atomic E-state index is 12.0. The molecule has 0 atom stereocenters. The van der Waals surface area contributed by atoms with Crippen LogP contribution in [0.25, 0.3) is 22.0 Å². The SMILES string of the molecule is COc1cc2cn3c4c(cc(O)cc4c-2cc1=O)CC3. The van der Waals surface area contributed by atoms with Gasteiger partial charge in [0.25, 0.3) is 0 Å². The Morgan fingerprint density at radius 2 is 2.10 bits per heavy atom. The number of pyridine rings is 1. The van der Waals surface area contributed by atoms with Crippen molar-refractivity contribution in [2.24, 2.45) is 0 Å². The lowest BCUT2D eigenvalue weighted by atomic mass is 9.98. The van der Waals surface area contributed by atoms with Crippen LogP contribution in [0.4, 0.5) is 0 Å². The molecule has 1 aromatic rings. The molecule has 0 bridgehead atoms. The third-order valence-electron chi connectivity index (χ3n) is 4.00. The van der Waals surface area contributed by atoms with Crippen molar-refractivity contribution in [2.75, 3.05) is 7.11 Å². The molecule has 0 fully saturated rings. The standard InChI is InChI=1S/C16H13NO3/c1-20-15-5-10-8-17-3-2-9-4-11(18)6-13(16(9)17)12(10)7-14(15)19/h4-8,18H,2-3H2,1H3. The number of hydrogen-bond acceptors (Lipinski definition) is 3. The molecule has 0 saturated carbocycles. The van der Waals surface area contributed by atoms with E-state index in [1.165, 1.54) is 7.11 Å². The van der Waals surface area contributed by atoms with Crippen molar-refractivity contribution in [2.45, 2.75) is 13.0 Å². The molecule has 4 nitrogen and oxygen atoms in total. The van der Waals surface area contributed by atoms with Crippen LogP contribution < -0.4 is 10.2 Å². The second-order valence-corrected chi connectivity index (χ2v) is 5.16. The van der Waals surface area contributed by atoms with E-state index in [0.717, 1.165) is 40.6 Å². The molecule has 100 valence electrons. The number of benzene rings is 2. The van der Waals surface area contributed by atoms with E-state index in [2.05, 4.69) is 4.57 Å². The smallest absolute Gasteiger partial charge is 0.221 e. The van der Waals surface area contributed by atoms with Gasteiger partial charge in [0.1, 0.15) is 5.75 Å². The van der Waals surface area contributed by atoms with Crippen LogP contribution in [0.15, 0.2) is 35.3 Å². The summed E-state index contributed by atoms with van der Waals surface area (Å²) in [6, 6.07) is 6.90. The molecule has 2 heterocycles. The highest BCUT2D eigenvalue weighted by molar-refractivity contribution is 5.99. The molecule has 1 aliphatic carbocycles. The predicted octanol–water partition coefficient (Wildman–Crippen LogP) is 2.38. The van der Waals surface area contributed by atoms with Crippen LogP contribution in [0.1, 0.15) is 5.56 Å². The predicted molar refractivity (Wildman–Crippen MR) is 76.8 cm³/mol. The fraction of sp³-hybridized carbons (Fsp3) is 0.188. The highest BCUT2D eigenvalue weighted by Crippen LogP contribution is 2.38. The first kappa shape index (κ1) is 11.3. The fourth-order valence-corrected chi connectivity index (χ4v) is 3.14. The number of phenolic OH excluding ortho intramolecular Hbond substituents is 1. The molecule has 0 amide bonds. The van der Waals surface area contributed by atoms with Gasteiger partial charge in [-0.05, 0) is 41.8 Å². The second kappa shape index (κ2) is 3.76. The van der Waals surface area contributed by atoms with Crippen molar-refractivity contribution in [3.8, 4) is 22.6 Å². The average Bonchev–Trinajstić information content (AvgIpc) is 2.82. The van der Waals surface area contributed by atoms with Gasteiger partial charge in [0, 0.05) is 23.7 Å². The third kappa shape index (κ3) is 1.39. The number of aromatic hydroxyl groups is 1. The van der Waals surface area contributed by atoms with E-state index in [4.69, 9.17) is 4.74 Å². The molecule has 0 aromatic heterocycles. The number of methoxy groups -OCH3 is 1. The number of aromatic nitrogens is 1. The van der Waals surface area contributed by atoms with E-state index in [-0.39, 0.29) is 11.2 Å². The van der Waals surface area contributed by atoms with Gasteiger partial charge < -0.3 is 14.4 Å². The lowest BCUT2D eigenvalue weighted by Crippen LogP contribution is -2.07. The molecule has 3 aliphatic rings. The van der Waals surface area contributed by atoms with Gasteiger partial charge >= 0.3 is 0 Å². The van der Waals surface area contributed by atoms with Crippen molar-refractivity contribution in [1.82, 2.24) is 4.57 Å². The number of phenols is 1. The first-order valence-corrected chi connectivity index (χ1v) is 6.54. The zero-order valence-electron chi connectivity index (χ0n) is 11.0. The Hall–Kier alpha value is -2.49. The van der Waals surface area contributed by atoms with Gasteiger partial charge in [0.15, 0.2) is 5.75 Å². The Morgan fingerprint density at radius 3 is 2.90 bits per heavy atom. The minimum absolute atomic E-state index is 0.136. The molecule has 0 saturated heterocycles. The molecule has 0 radical (unpaired) electrons. The first-order chi connectivity index (χ1) is 9.67. The summed E-state index contributed by atoms with van der Waals surface area (Å²) in [5.74, 6) is 0.597. The van der Waals surface area contributed by atoms with Crippen molar-refractivity contribution in [1.29, 1.82) is 0 Å². The van der Waals surface area contributed by atoms with Gasteiger partial charge in [0.2, 0.25) is 5.43 Å². The maximum Gasteiger partial charge on any atom is 0.221 e. The van der Waals surface area contributed by atoms with Gasteiger partial charge in [-0.15, -0.1) is 0 Å². The number of fused-ring (bicyclic) bond motifs is 2. The Bertz CT molecular complexity index is 879. The summed E-state index contributed by atoms with van der Waals surface area (Å²) in [5, 5.41) is 10.8. The molecule has 4 rings (SSSR count). The molecule has 20 heavy (non-hydrogen) atoms. The second-order valence-electron chi connectivity index (χ2n) is 5.16. The third-order valence-corrected chi connectivity index (χ3v) is 4.00. The van der Waals surface area contributed by atoms with Crippen LogP contribution in [0.2, 0.25) is 0 Å². The molecule has 4 heteroatoms. The van der Waals surface area contributed by atoms with E-state index in [1.54, 1.807) is 24.3 Å². The lowest BCUT2D eigenvalue weighted by molar-refractivity contribution is 0.411. The van der Waals surface area contributed by atoms with Crippen LogP contribution in [-0.4, -0.2) is 16.8 Å². The van der Waals surface area contributed by atoms with E-state index in [1.807, 2.05) is 6.20 Å². The number of ether oxygens (including phenoxy) is 1. The van der Waals surface area contributed by atoms with Gasteiger partial charge in [-0.1, -0.05) is 0 Å². The van der Waals surface area contributed by atoms with E-state index in [9.17, 15) is 9.90 Å². The topological polar surface area (TPSA) is 51.5 Å². The molecule has 1 N–H and O–H groups in total. The van der Waals surface area contributed by atoms with Gasteiger partial charge in [0.05, 0.1) is 12.6 Å². The molecule has 0 unspecified atom stereocenters. The fourth-order valence-electron chi connectivity index (χ4n) is 3.14. The Labute approximate surface area is 115 Å². The quantitative estimate of drug-likeness (QED) is 0.689. The maximum atomic E-state index is 12.0. The van der Waals surface area contributed by atoms with Gasteiger partial charge in [-0.3, -0.25) is 4.79 Å². The summed E-state index contributed by atoms with van der Waals surface area (Å²) in [6.07, 6.45) is 2.95. The van der Waals surface area contributed by atoms with Crippen LogP contribution >= 0.6 is 0 Å². The van der Waals surface area contributed by atoms with Crippen LogP contribution in [-0.2, 0) is 13.0 Å². The summed E-state index contributed by atoms with van der Waals surface area (Å²) in [6.45, 7) is 0.896. The number of hydrogen-bond donors (Lipinski definition) is 1. The number of nitrogens with zero attached hydrogens (tertiary/aromatic N) is 1. The monoisotopic (exact) mass is 267 g/mol. The minimum Gasteiger partial charge on any atom is -0.508 e. The van der Waals surface area contributed by atoms with Crippen molar-refractivity contribution >= 4 is 10.9 Å². The van der Waals surface area contributed by atoms with Crippen LogP contribution in [0.5, 0.6) is 11.5 Å². The first-order valence-electron chi connectivity index (χ1n) is 6.54. The summed E-state index contributed by atoms with van der Waals surface area (Å²) < 4.78 is 7.28. The van der Waals surface area contributed by atoms with Crippen LogP contribution in [0, 0.1) is 0 Å². The molecule has 2 aliphatic heterocycles. The number of rotatable bonds is 1. The van der Waals surface area contributed by atoms with Gasteiger partial charge in [-0.25, -0.2) is 0 Å². The zero-order chi connectivity index (χ0) is 13.9. The Balaban J connectivity index is 2.23. The van der Waals surface area contributed by atoms with E-state index in [0.29, 0.717) is 5.75 Å². The number of aryl methyl sites for hydroxylation is 2. The summed E-state index contributed by atoms with van der Waals surface area (Å²) in [4.78, 5) is 12.0. The molecular weight excluding hydrogens is 254 g/mol.